The van der Waals surface area contributed by atoms with Crippen LogP contribution in [-0.4, -0.2) is 37.2 Å². The van der Waals surface area contributed by atoms with Crippen LogP contribution in [0.2, 0.25) is 5.02 Å². The van der Waals surface area contributed by atoms with Crippen molar-refractivity contribution in [2.45, 2.75) is 31.7 Å². The number of benzene rings is 1. The van der Waals surface area contributed by atoms with Gasteiger partial charge in [-0.25, -0.2) is 9.59 Å². The van der Waals surface area contributed by atoms with Crippen LogP contribution in [0.5, 0.6) is 5.75 Å². The molecule has 0 atom stereocenters. The van der Waals surface area contributed by atoms with E-state index in [1.54, 1.807) is 24.3 Å². The number of imide groups is 1. The van der Waals surface area contributed by atoms with Gasteiger partial charge in [-0.1, -0.05) is 30.5 Å². The number of urea groups is 1. The van der Waals surface area contributed by atoms with Crippen LogP contribution in [0.1, 0.15) is 25.7 Å². The van der Waals surface area contributed by atoms with Crippen LogP contribution in [0.25, 0.3) is 0 Å². The van der Waals surface area contributed by atoms with Gasteiger partial charge < -0.3 is 14.8 Å². The highest BCUT2D eigenvalue weighted by Crippen LogP contribution is 2.17. The Bertz CT molecular complexity index is 602. The van der Waals surface area contributed by atoms with E-state index in [0.29, 0.717) is 10.8 Å². The third kappa shape index (κ3) is 6.45. The van der Waals surface area contributed by atoms with Crippen molar-refractivity contribution in [2.75, 3.05) is 13.2 Å². The summed E-state index contributed by atoms with van der Waals surface area (Å²) in [7, 11) is 0. The first-order valence-corrected chi connectivity index (χ1v) is 8.05. The van der Waals surface area contributed by atoms with Crippen molar-refractivity contribution in [1.29, 1.82) is 0 Å². The molecule has 2 rings (SSSR count). The smallest absolute Gasteiger partial charge is 0.344 e. The molecule has 0 bridgehead atoms. The van der Waals surface area contributed by atoms with E-state index in [1.165, 1.54) is 0 Å². The Kier molecular flexibility index (Phi) is 6.87. The molecule has 1 aliphatic carbocycles. The van der Waals surface area contributed by atoms with E-state index in [9.17, 15) is 14.4 Å². The molecule has 0 spiro atoms. The van der Waals surface area contributed by atoms with E-state index < -0.39 is 24.5 Å². The molecule has 7 nitrogen and oxygen atoms in total. The Hall–Kier alpha value is -2.28. The summed E-state index contributed by atoms with van der Waals surface area (Å²) in [6.07, 6.45) is 3.97. The summed E-state index contributed by atoms with van der Waals surface area (Å²) in [5, 5.41) is 5.30. The normalized spacial score (nSPS) is 14.0. The van der Waals surface area contributed by atoms with Gasteiger partial charge in [-0.05, 0) is 31.0 Å². The number of rotatable bonds is 6. The van der Waals surface area contributed by atoms with E-state index in [2.05, 4.69) is 10.6 Å². The average Bonchev–Trinajstić information content (AvgIpc) is 3.03. The number of hydrogen-bond donors (Lipinski definition) is 2. The Morgan fingerprint density at radius 3 is 2.62 bits per heavy atom. The summed E-state index contributed by atoms with van der Waals surface area (Å²) in [5.41, 5.74) is 0. The van der Waals surface area contributed by atoms with Crippen molar-refractivity contribution >= 4 is 29.5 Å². The Morgan fingerprint density at radius 2 is 1.92 bits per heavy atom. The summed E-state index contributed by atoms with van der Waals surface area (Å²) < 4.78 is 9.92. The van der Waals surface area contributed by atoms with Crippen LogP contribution >= 0.6 is 11.6 Å². The number of carbonyl (C=O) groups excluding carboxylic acids is 3. The van der Waals surface area contributed by atoms with Crippen LogP contribution < -0.4 is 15.4 Å². The molecule has 1 fully saturated rings. The minimum atomic E-state index is -0.721. The number of ether oxygens (including phenoxy) is 2. The Balaban J connectivity index is 1.61. The lowest BCUT2D eigenvalue weighted by Crippen LogP contribution is -2.45. The van der Waals surface area contributed by atoms with E-state index in [4.69, 9.17) is 21.1 Å². The summed E-state index contributed by atoms with van der Waals surface area (Å²) in [6.45, 7) is -0.905. The van der Waals surface area contributed by atoms with E-state index in [-0.39, 0.29) is 12.6 Å². The second-order valence-electron chi connectivity index (χ2n) is 5.41. The summed E-state index contributed by atoms with van der Waals surface area (Å²) in [6, 6.07) is 6.07. The first-order valence-electron chi connectivity index (χ1n) is 7.67. The number of amides is 3. The molecule has 1 saturated carbocycles. The minimum Gasteiger partial charge on any atom is -0.482 e. The zero-order chi connectivity index (χ0) is 17.4. The fourth-order valence-electron chi connectivity index (χ4n) is 2.34. The molecular weight excluding hydrogens is 336 g/mol. The van der Waals surface area contributed by atoms with Crippen molar-refractivity contribution in [1.82, 2.24) is 10.6 Å². The Labute approximate surface area is 144 Å². The lowest BCUT2D eigenvalue weighted by molar-refractivity contribution is -0.150. The fraction of sp³-hybridized carbons (Fsp3) is 0.438. The molecule has 1 aliphatic rings. The highest BCUT2D eigenvalue weighted by Gasteiger charge is 2.18. The standard InChI is InChI=1S/C16H19ClN2O5/c17-11-4-3-7-13(8-11)23-10-15(21)24-9-14(20)19-16(22)18-12-5-1-2-6-12/h3-4,7-8,12H,1-2,5-6,9-10H2,(H2,18,19,20,22). The third-order valence-corrected chi connectivity index (χ3v) is 3.70. The molecule has 1 aromatic rings. The predicted octanol–water partition coefficient (Wildman–Crippen LogP) is 2.03. The topological polar surface area (TPSA) is 93.7 Å². The molecule has 8 heteroatoms. The highest BCUT2D eigenvalue weighted by atomic mass is 35.5. The van der Waals surface area contributed by atoms with Gasteiger partial charge in [-0.2, -0.15) is 0 Å². The average molecular weight is 355 g/mol. The van der Waals surface area contributed by atoms with Crippen molar-refractivity contribution in [2.24, 2.45) is 0 Å². The number of carbonyl (C=O) groups is 3. The molecule has 2 N–H and O–H groups in total. The van der Waals surface area contributed by atoms with Gasteiger partial charge in [0.25, 0.3) is 5.91 Å². The minimum absolute atomic E-state index is 0.103. The zero-order valence-electron chi connectivity index (χ0n) is 13.0. The fourth-order valence-corrected chi connectivity index (χ4v) is 2.52. The molecule has 24 heavy (non-hydrogen) atoms. The van der Waals surface area contributed by atoms with Gasteiger partial charge in [0, 0.05) is 11.1 Å². The van der Waals surface area contributed by atoms with E-state index in [1.807, 2.05) is 0 Å². The molecule has 1 aromatic carbocycles. The molecule has 0 aliphatic heterocycles. The lowest BCUT2D eigenvalue weighted by atomic mass is 10.2. The molecule has 0 aromatic heterocycles. The Morgan fingerprint density at radius 1 is 1.17 bits per heavy atom. The van der Waals surface area contributed by atoms with Crippen LogP contribution in [0.4, 0.5) is 4.79 Å². The van der Waals surface area contributed by atoms with Crippen molar-refractivity contribution in [3.05, 3.63) is 29.3 Å². The first kappa shape index (κ1) is 18.1. The van der Waals surface area contributed by atoms with Gasteiger partial charge in [0.1, 0.15) is 5.75 Å². The maximum Gasteiger partial charge on any atom is 0.344 e. The van der Waals surface area contributed by atoms with Gasteiger partial charge in [0.2, 0.25) is 0 Å². The maximum absolute atomic E-state index is 11.6. The van der Waals surface area contributed by atoms with Gasteiger partial charge in [-0.3, -0.25) is 10.1 Å². The van der Waals surface area contributed by atoms with Crippen molar-refractivity contribution in [3.8, 4) is 5.75 Å². The number of nitrogens with one attached hydrogen (secondary N) is 2. The van der Waals surface area contributed by atoms with Gasteiger partial charge in [0.05, 0.1) is 0 Å². The van der Waals surface area contributed by atoms with Crippen molar-refractivity contribution < 1.29 is 23.9 Å². The summed E-state index contributed by atoms with van der Waals surface area (Å²) in [4.78, 5) is 34.6. The van der Waals surface area contributed by atoms with Gasteiger partial charge >= 0.3 is 12.0 Å². The molecule has 0 unspecified atom stereocenters. The highest BCUT2D eigenvalue weighted by molar-refractivity contribution is 6.30. The summed E-state index contributed by atoms with van der Waals surface area (Å²) >= 11 is 5.79. The lowest BCUT2D eigenvalue weighted by Gasteiger charge is -2.12. The number of hydrogen-bond acceptors (Lipinski definition) is 5. The molecule has 0 saturated heterocycles. The zero-order valence-corrected chi connectivity index (χ0v) is 13.8. The van der Waals surface area contributed by atoms with E-state index in [0.717, 1.165) is 25.7 Å². The van der Waals surface area contributed by atoms with Gasteiger partial charge in [-0.15, -0.1) is 0 Å². The van der Waals surface area contributed by atoms with Crippen LogP contribution in [0.3, 0.4) is 0 Å². The van der Waals surface area contributed by atoms with E-state index >= 15 is 0 Å². The molecule has 130 valence electrons. The largest absolute Gasteiger partial charge is 0.482 e. The second-order valence-corrected chi connectivity index (χ2v) is 5.85. The first-order chi connectivity index (χ1) is 11.5. The van der Waals surface area contributed by atoms with Crippen molar-refractivity contribution in [3.63, 3.8) is 0 Å². The molecule has 0 heterocycles. The maximum atomic E-state index is 11.6. The SMILES string of the molecule is O=C(COC(=O)COc1cccc(Cl)c1)NC(=O)NC1CCCC1. The summed E-state index contributed by atoms with van der Waals surface area (Å²) in [5.74, 6) is -0.997. The monoisotopic (exact) mass is 354 g/mol. The molecule has 0 radical (unpaired) electrons. The van der Waals surface area contributed by atoms with Gasteiger partial charge in [0.15, 0.2) is 13.2 Å². The quantitative estimate of drug-likeness (QED) is 0.762. The van der Waals surface area contributed by atoms with Crippen LogP contribution in [0.15, 0.2) is 24.3 Å². The predicted molar refractivity (Wildman–Crippen MR) is 86.8 cm³/mol. The van der Waals surface area contributed by atoms with Crippen LogP contribution in [-0.2, 0) is 14.3 Å². The third-order valence-electron chi connectivity index (χ3n) is 3.46. The number of halogens is 1. The molecule has 3 amide bonds. The second kappa shape index (κ2) is 9.12. The van der Waals surface area contributed by atoms with Crippen LogP contribution in [0, 0.1) is 0 Å². The number of esters is 1. The molecular formula is C16H19ClN2O5.